The molecule has 1 fully saturated rings. The van der Waals surface area contributed by atoms with Crippen molar-refractivity contribution in [2.75, 3.05) is 13.2 Å². The van der Waals surface area contributed by atoms with Gasteiger partial charge in [0.1, 0.15) is 0 Å². The second-order valence-electron chi connectivity index (χ2n) is 7.23. The Kier molecular flexibility index (Phi) is 7.38. The van der Waals surface area contributed by atoms with Crippen molar-refractivity contribution in [3.63, 3.8) is 0 Å². The predicted molar refractivity (Wildman–Crippen MR) is 83.7 cm³/mol. The monoisotopic (exact) mass is 269 g/mol. The molecule has 0 atom stereocenters. The molecule has 1 N–H and O–H groups in total. The van der Waals surface area contributed by atoms with Gasteiger partial charge >= 0.3 is 0 Å². The highest BCUT2D eigenvalue weighted by atomic mass is 16.5. The average molecular weight is 269 g/mol. The molecule has 1 rings (SSSR count). The fourth-order valence-electron chi connectivity index (χ4n) is 2.70. The van der Waals surface area contributed by atoms with E-state index in [2.05, 4.69) is 33.0 Å². The molecule has 2 heteroatoms. The highest BCUT2D eigenvalue weighted by molar-refractivity contribution is 4.91. The maximum Gasteiger partial charge on any atom is 0.0694 e. The van der Waals surface area contributed by atoms with Crippen LogP contribution < -0.4 is 5.32 Å². The molecule has 0 aliphatic heterocycles. The Hall–Kier alpha value is -0.0800. The lowest BCUT2D eigenvalue weighted by atomic mass is 9.77. The minimum absolute atomic E-state index is 0.225. The summed E-state index contributed by atoms with van der Waals surface area (Å²) in [6.07, 6.45) is 11.7. The normalized spacial score (nSPS) is 18.3. The molecule has 0 unspecified atom stereocenters. The molecule has 0 saturated heterocycles. The van der Waals surface area contributed by atoms with Crippen molar-refractivity contribution in [3.8, 4) is 0 Å². The molecule has 0 radical (unpaired) electrons. The zero-order chi connectivity index (χ0) is 14.2. The van der Waals surface area contributed by atoms with Crippen LogP contribution >= 0.6 is 0 Å². The molecule has 0 bridgehead atoms. The Morgan fingerprint density at radius 2 is 1.74 bits per heavy atom. The third kappa shape index (κ3) is 7.31. The summed E-state index contributed by atoms with van der Waals surface area (Å²) in [7, 11) is 0. The zero-order valence-electron chi connectivity index (χ0n) is 13.7. The van der Waals surface area contributed by atoms with E-state index in [0.717, 1.165) is 13.2 Å². The molecule has 0 heterocycles. The summed E-state index contributed by atoms with van der Waals surface area (Å²) >= 11 is 0. The molecule has 0 aromatic heterocycles. The van der Waals surface area contributed by atoms with Crippen LogP contribution in [-0.4, -0.2) is 24.3 Å². The summed E-state index contributed by atoms with van der Waals surface area (Å²) < 4.78 is 6.22. The van der Waals surface area contributed by atoms with E-state index in [1.54, 1.807) is 0 Å². The van der Waals surface area contributed by atoms with Crippen molar-refractivity contribution in [1.29, 1.82) is 0 Å². The third-order valence-electron chi connectivity index (χ3n) is 4.16. The molecule has 19 heavy (non-hydrogen) atoms. The lowest BCUT2D eigenvalue weighted by Gasteiger charge is -2.42. The number of rotatable bonds is 10. The number of ether oxygens (including phenoxy) is 1. The first-order chi connectivity index (χ1) is 8.97. The van der Waals surface area contributed by atoms with E-state index in [4.69, 9.17) is 4.74 Å². The van der Waals surface area contributed by atoms with Crippen LogP contribution in [0.3, 0.4) is 0 Å². The smallest absolute Gasteiger partial charge is 0.0694 e. The number of hydrogen-bond acceptors (Lipinski definition) is 2. The van der Waals surface area contributed by atoms with Gasteiger partial charge in [-0.05, 0) is 59.4 Å². The first-order valence-corrected chi connectivity index (χ1v) is 8.36. The molecule has 1 saturated carbocycles. The number of unbranched alkanes of at least 4 members (excludes halogenated alkanes) is 4. The van der Waals surface area contributed by atoms with Crippen LogP contribution in [0.15, 0.2) is 0 Å². The SMILES string of the molecule is CCCCCCCOC1(CCNC(C)(C)C)CCC1. The van der Waals surface area contributed by atoms with E-state index in [0.29, 0.717) is 0 Å². The first-order valence-electron chi connectivity index (χ1n) is 8.36. The van der Waals surface area contributed by atoms with Gasteiger partial charge in [0.25, 0.3) is 0 Å². The highest BCUT2D eigenvalue weighted by Gasteiger charge is 2.37. The summed E-state index contributed by atoms with van der Waals surface area (Å²) in [4.78, 5) is 0. The van der Waals surface area contributed by atoms with Gasteiger partial charge in [-0.1, -0.05) is 32.6 Å². The Balaban J connectivity index is 2.10. The Morgan fingerprint density at radius 1 is 1.05 bits per heavy atom. The average Bonchev–Trinajstić information content (AvgIpc) is 2.27. The van der Waals surface area contributed by atoms with Gasteiger partial charge in [0, 0.05) is 12.1 Å². The summed E-state index contributed by atoms with van der Waals surface area (Å²) in [5, 5.41) is 3.58. The molecule has 1 aliphatic rings. The topological polar surface area (TPSA) is 21.3 Å². The number of nitrogens with one attached hydrogen (secondary N) is 1. The van der Waals surface area contributed by atoms with Gasteiger partial charge in [-0.15, -0.1) is 0 Å². The minimum atomic E-state index is 0.225. The second kappa shape index (κ2) is 8.26. The molecule has 1 aliphatic carbocycles. The first kappa shape index (κ1) is 17.0. The van der Waals surface area contributed by atoms with Gasteiger partial charge in [0.05, 0.1) is 5.60 Å². The Morgan fingerprint density at radius 3 is 2.26 bits per heavy atom. The van der Waals surface area contributed by atoms with E-state index in [-0.39, 0.29) is 11.1 Å². The van der Waals surface area contributed by atoms with Crippen molar-refractivity contribution in [3.05, 3.63) is 0 Å². The van der Waals surface area contributed by atoms with Crippen LogP contribution in [0.25, 0.3) is 0 Å². The van der Waals surface area contributed by atoms with E-state index in [1.165, 1.54) is 57.8 Å². The Bertz CT molecular complexity index is 228. The molecular formula is C17H35NO. The van der Waals surface area contributed by atoms with Crippen LogP contribution in [0.1, 0.15) is 85.5 Å². The molecule has 0 amide bonds. The van der Waals surface area contributed by atoms with Gasteiger partial charge in [-0.25, -0.2) is 0 Å². The summed E-state index contributed by atoms with van der Waals surface area (Å²) in [5.74, 6) is 0. The highest BCUT2D eigenvalue weighted by Crippen LogP contribution is 2.38. The van der Waals surface area contributed by atoms with E-state index in [9.17, 15) is 0 Å². The maximum absolute atomic E-state index is 6.22. The molecular weight excluding hydrogens is 234 g/mol. The summed E-state index contributed by atoms with van der Waals surface area (Å²) in [5.41, 5.74) is 0.452. The predicted octanol–water partition coefficient (Wildman–Crippen LogP) is 4.67. The van der Waals surface area contributed by atoms with Crippen molar-refractivity contribution >= 4 is 0 Å². The molecule has 0 aromatic rings. The van der Waals surface area contributed by atoms with E-state index in [1.807, 2.05) is 0 Å². The molecule has 114 valence electrons. The van der Waals surface area contributed by atoms with Gasteiger partial charge < -0.3 is 10.1 Å². The van der Waals surface area contributed by atoms with Gasteiger partial charge in [0.15, 0.2) is 0 Å². The van der Waals surface area contributed by atoms with Gasteiger partial charge in [-0.3, -0.25) is 0 Å². The van der Waals surface area contributed by atoms with Gasteiger partial charge in [0.2, 0.25) is 0 Å². The van der Waals surface area contributed by atoms with Crippen molar-refractivity contribution in [2.45, 2.75) is 96.6 Å². The van der Waals surface area contributed by atoms with Crippen molar-refractivity contribution in [2.24, 2.45) is 0 Å². The second-order valence-corrected chi connectivity index (χ2v) is 7.23. The lowest BCUT2D eigenvalue weighted by Crippen LogP contribution is -2.45. The van der Waals surface area contributed by atoms with Crippen LogP contribution in [-0.2, 0) is 4.74 Å². The number of hydrogen-bond donors (Lipinski definition) is 1. The zero-order valence-corrected chi connectivity index (χ0v) is 13.7. The van der Waals surface area contributed by atoms with Crippen LogP contribution in [0.5, 0.6) is 0 Å². The maximum atomic E-state index is 6.22. The third-order valence-corrected chi connectivity index (χ3v) is 4.16. The molecule has 0 spiro atoms. The van der Waals surface area contributed by atoms with Gasteiger partial charge in [-0.2, -0.15) is 0 Å². The quantitative estimate of drug-likeness (QED) is 0.582. The molecule has 2 nitrogen and oxygen atoms in total. The van der Waals surface area contributed by atoms with E-state index >= 15 is 0 Å². The summed E-state index contributed by atoms with van der Waals surface area (Å²) in [6, 6.07) is 0. The summed E-state index contributed by atoms with van der Waals surface area (Å²) in [6.45, 7) is 11.0. The Labute approximate surface area is 120 Å². The van der Waals surface area contributed by atoms with E-state index < -0.39 is 0 Å². The minimum Gasteiger partial charge on any atom is -0.375 e. The van der Waals surface area contributed by atoms with Crippen molar-refractivity contribution in [1.82, 2.24) is 5.32 Å². The van der Waals surface area contributed by atoms with Crippen LogP contribution in [0, 0.1) is 0 Å². The fraction of sp³-hybridized carbons (Fsp3) is 1.00. The largest absolute Gasteiger partial charge is 0.375 e. The van der Waals surface area contributed by atoms with Crippen LogP contribution in [0.2, 0.25) is 0 Å². The molecule has 0 aromatic carbocycles. The van der Waals surface area contributed by atoms with Crippen LogP contribution in [0.4, 0.5) is 0 Å². The standard InChI is InChI=1S/C17H35NO/c1-5-6-7-8-9-15-19-17(11-10-12-17)13-14-18-16(2,3)4/h18H,5-15H2,1-4H3. The fourth-order valence-corrected chi connectivity index (χ4v) is 2.70. The lowest BCUT2D eigenvalue weighted by molar-refractivity contribution is -0.106. The van der Waals surface area contributed by atoms with Crippen molar-refractivity contribution < 1.29 is 4.74 Å².